The third kappa shape index (κ3) is 2.99. The summed E-state index contributed by atoms with van der Waals surface area (Å²) in [6.07, 6.45) is 2.91. The number of hydrogen-bond donors (Lipinski definition) is 1. The third-order valence-electron chi connectivity index (χ3n) is 3.51. The Kier molecular flexibility index (Phi) is 5.50. The van der Waals surface area contributed by atoms with E-state index in [9.17, 15) is 9.59 Å². The zero-order valence-corrected chi connectivity index (χ0v) is 12.7. The van der Waals surface area contributed by atoms with Crippen LogP contribution in [0.3, 0.4) is 0 Å². The quantitative estimate of drug-likeness (QED) is 0.825. The van der Waals surface area contributed by atoms with Crippen molar-refractivity contribution < 1.29 is 9.59 Å². The van der Waals surface area contributed by atoms with E-state index >= 15 is 0 Å². The highest BCUT2D eigenvalue weighted by molar-refractivity contribution is 7.98. The van der Waals surface area contributed by atoms with Gasteiger partial charge in [0.25, 0.3) is 0 Å². The van der Waals surface area contributed by atoms with Crippen molar-refractivity contribution >= 4 is 23.6 Å². The smallest absolute Gasteiger partial charge is 0.246 e. The summed E-state index contributed by atoms with van der Waals surface area (Å²) in [5.74, 6) is 1.04. The summed E-state index contributed by atoms with van der Waals surface area (Å²) in [5, 5.41) is 2.83. The molecule has 3 unspecified atom stereocenters. The molecule has 1 aliphatic heterocycles. The molecule has 3 atom stereocenters. The van der Waals surface area contributed by atoms with Gasteiger partial charge in [-0.15, -0.1) is 0 Å². The van der Waals surface area contributed by atoms with Gasteiger partial charge in [0.15, 0.2) is 0 Å². The molecule has 0 spiro atoms. The summed E-state index contributed by atoms with van der Waals surface area (Å²) in [6.45, 7) is 7.81. The van der Waals surface area contributed by atoms with Gasteiger partial charge in [-0.05, 0) is 25.5 Å². The number of carbonyl (C=O) groups excluding carboxylic acids is 2. The minimum Gasteiger partial charge on any atom is -0.342 e. The molecule has 1 rings (SSSR count). The molecule has 0 bridgehead atoms. The minimum atomic E-state index is -0.371. The Hall–Kier alpha value is -0.710. The summed E-state index contributed by atoms with van der Waals surface area (Å²) in [4.78, 5) is 26.3. The van der Waals surface area contributed by atoms with Gasteiger partial charge in [0.1, 0.15) is 12.1 Å². The summed E-state index contributed by atoms with van der Waals surface area (Å²) < 4.78 is 0. The molecular formula is C13H24N2O2S. The fourth-order valence-electron chi connectivity index (χ4n) is 2.35. The van der Waals surface area contributed by atoms with Crippen LogP contribution < -0.4 is 5.32 Å². The number of amides is 2. The Balaban J connectivity index is 2.97. The van der Waals surface area contributed by atoms with Crippen LogP contribution >= 0.6 is 11.8 Å². The number of rotatable bonds is 5. The van der Waals surface area contributed by atoms with Gasteiger partial charge in [-0.2, -0.15) is 11.8 Å². The highest BCUT2D eigenvalue weighted by Gasteiger charge is 2.41. The Morgan fingerprint density at radius 2 is 2.00 bits per heavy atom. The molecule has 0 aliphatic carbocycles. The maximum atomic E-state index is 12.5. The van der Waals surface area contributed by atoms with Crippen LogP contribution in [0.25, 0.3) is 0 Å². The second-order valence-electron chi connectivity index (χ2n) is 5.17. The molecule has 1 N–H and O–H groups in total. The molecular weight excluding hydrogens is 248 g/mol. The predicted octanol–water partition coefficient (Wildman–Crippen LogP) is 1.50. The lowest BCUT2D eigenvalue weighted by atomic mass is 9.96. The predicted molar refractivity (Wildman–Crippen MR) is 75.5 cm³/mol. The molecule has 18 heavy (non-hydrogen) atoms. The molecule has 0 aromatic rings. The first-order valence-corrected chi connectivity index (χ1v) is 7.94. The lowest BCUT2D eigenvalue weighted by Gasteiger charge is -2.43. The maximum Gasteiger partial charge on any atom is 0.246 e. The van der Waals surface area contributed by atoms with Gasteiger partial charge in [0, 0.05) is 11.8 Å². The van der Waals surface area contributed by atoms with E-state index in [-0.39, 0.29) is 35.9 Å². The van der Waals surface area contributed by atoms with E-state index in [1.54, 1.807) is 16.7 Å². The first kappa shape index (κ1) is 15.3. The zero-order valence-electron chi connectivity index (χ0n) is 11.9. The topological polar surface area (TPSA) is 49.4 Å². The van der Waals surface area contributed by atoms with E-state index < -0.39 is 0 Å². The molecule has 1 heterocycles. The van der Waals surface area contributed by atoms with Crippen molar-refractivity contribution in [2.24, 2.45) is 5.92 Å². The third-order valence-corrected chi connectivity index (χ3v) is 4.22. The van der Waals surface area contributed by atoms with Gasteiger partial charge in [0.05, 0.1) is 0 Å². The van der Waals surface area contributed by atoms with Crippen molar-refractivity contribution in [1.82, 2.24) is 10.2 Å². The van der Waals surface area contributed by atoms with E-state index in [0.717, 1.165) is 12.2 Å². The van der Waals surface area contributed by atoms with Gasteiger partial charge in [-0.25, -0.2) is 0 Å². The van der Waals surface area contributed by atoms with Gasteiger partial charge in [0.2, 0.25) is 11.8 Å². The fourth-order valence-corrected chi connectivity index (χ4v) is 3.13. The Morgan fingerprint density at radius 1 is 1.39 bits per heavy atom. The van der Waals surface area contributed by atoms with Crippen LogP contribution in [-0.4, -0.2) is 46.8 Å². The van der Waals surface area contributed by atoms with Crippen LogP contribution in [0.15, 0.2) is 0 Å². The van der Waals surface area contributed by atoms with E-state index in [1.807, 2.05) is 27.0 Å². The van der Waals surface area contributed by atoms with Crippen LogP contribution in [0.4, 0.5) is 0 Å². The maximum absolute atomic E-state index is 12.5. The highest BCUT2D eigenvalue weighted by Crippen LogP contribution is 2.21. The van der Waals surface area contributed by atoms with E-state index in [0.29, 0.717) is 0 Å². The van der Waals surface area contributed by atoms with Gasteiger partial charge in [-0.1, -0.05) is 20.8 Å². The summed E-state index contributed by atoms with van der Waals surface area (Å²) in [5.41, 5.74) is 0. The molecule has 104 valence electrons. The van der Waals surface area contributed by atoms with Gasteiger partial charge >= 0.3 is 0 Å². The molecule has 1 fully saturated rings. The van der Waals surface area contributed by atoms with Crippen molar-refractivity contribution in [2.75, 3.05) is 12.0 Å². The normalized spacial score (nSPS) is 26.4. The van der Waals surface area contributed by atoms with Crippen LogP contribution in [0, 0.1) is 5.92 Å². The molecule has 1 saturated heterocycles. The number of thioether (sulfide) groups is 1. The Bertz CT molecular complexity index is 320. The lowest BCUT2D eigenvalue weighted by Crippen LogP contribution is -2.66. The molecule has 5 heteroatoms. The number of hydrogen-bond acceptors (Lipinski definition) is 3. The monoisotopic (exact) mass is 272 g/mol. The summed E-state index contributed by atoms with van der Waals surface area (Å²) in [6, 6.07) is -0.580. The first-order valence-electron chi connectivity index (χ1n) is 6.55. The summed E-state index contributed by atoms with van der Waals surface area (Å²) >= 11 is 1.72. The lowest BCUT2D eigenvalue weighted by molar-refractivity contribution is -0.152. The number of nitrogens with zero attached hydrogens (tertiary/aromatic N) is 1. The second kappa shape index (κ2) is 6.45. The molecule has 1 aliphatic rings. The molecule has 0 aromatic heterocycles. The SMILES string of the molecule is CCC(CSC)N1C(=O)C(C(C)C)NC(=O)C1C. The average molecular weight is 272 g/mol. The number of nitrogens with one attached hydrogen (secondary N) is 1. The standard InChI is InChI=1S/C13H24N2O2S/c1-6-10(7-18-5)15-9(4)12(16)14-11(8(2)3)13(15)17/h8-11H,6-7H2,1-5H3,(H,14,16). The zero-order chi connectivity index (χ0) is 13.9. The average Bonchev–Trinajstić information content (AvgIpc) is 2.32. The molecule has 4 nitrogen and oxygen atoms in total. The number of carbonyl (C=O) groups is 2. The van der Waals surface area contributed by atoms with Crippen molar-refractivity contribution in [3.05, 3.63) is 0 Å². The van der Waals surface area contributed by atoms with Crippen molar-refractivity contribution in [3.8, 4) is 0 Å². The first-order chi connectivity index (χ1) is 8.43. The highest BCUT2D eigenvalue weighted by atomic mass is 32.2. The minimum absolute atomic E-state index is 0.0344. The van der Waals surface area contributed by atoms with Crippen LogP contribution in [0.2, 0.25) is 0 Å². The molecule has 0 saturated carbocycles. The fraction of sp³-hybridized carbons (Fsp3) is 0.846. The largest absolute Gasteiger partial charge is 0.342 e. The van der Waals surface area contributed by atoms with Crippen LogP contribution in [0.5, 0.6) is 0 Å². The Labute approximate surface area is 114 Å². The van der Waals surface area contributed by atoms with Crippen molar-refractivity contribution in [3.63, 3.8) is 0 Å². The van der Waals surface area contributed by atoms with Crippen LogP contribution in [0.1, 0.15) is 34.1 Å². The Morgan fingerprint density at radius 3 is 2.44 bits per heavy atom. The van der Waals surface area contributed by atoms with E-state index in [1.165, 1.54) is 0 Å². The van der Waals surface area contributed by atoms with E-state index in [2.05, 4.69) is 12.2 Å². The van der Waals surface area contributed by atoms with E-state index in [4.69, 9.17) is 0 Å². The van der Waals surface area contributed by atoms with Crippen molar-refractivity contribution in [2.45, 2.75) is 52.2 Å². The van der Waals surface area contributed by atoms with Crippen LogP contribution in [-0.2, 0) is 9.59 Å². The van der Waals surface area contributed by atoms with Gasteiger partial charge < -0.3 is 10.2 Å². The van der Waals surface area contributed by atoms with Gasteiger partial charge in [-0.3, -0.25) is 9.59 Å². The molecule has 2 amide bonds. The molecule has 0 aromatic carbocycles. The summed E-state index contributed by atoms with van der Waals surface area (Å²) in [7, 11) is 0. The molecule has 0 radical (unpaired) electrons. The second-order valence-corrected chi connectivity index (χ2v) is 6.08. The van der Waals surface area contributed by atoms with Crippen molar-refractivity contribution in [1.29, 1.82) is 0 Å². The number of piperazine rings is 1.